The summed E-state index contributed by atoms with van der Waals surface area (Å²) < 4.78 is 10.8. The zero-order valence-corrected chi connectivity index (χ0v) is 12.2. The van der Waals surface area contributed by atoms with Gasteiger partial charge in [-0.1, -0.05) is 12.1 Å². The Hall–Kier alpha value is -2.67. The van der Waals surface area contributed by atoms with E-state index in [1.807, 2.05) is 24.3 Å². The summed E-state index contributed by atoms with van der Waals surface area (Å²) in [5.41, 5.74) is 1.80. The van der Waals surface area contributed by atoms with E-state index >= 15 is 0 Å². The fraction of sp³-hybridized carbons (Fsp3) is 0.267. The van der Waals surface area contributed by atoms with E-state index in [9.17, 15) is 0 Å². The van der Waals surface area contributed by atoms with Crippen LogP contribution in [0, 0.1) is 0 Å². The Labute approximate surface area is 127 Å². The monoisotopic (exact) mass is 299 g/mol. The second kappa shape index (κ2) is 6.86. The number of fused-ring (bicyclic) bond motifs is 1. The number of nitrogens with zero attached hydrogens (tertiary/aromatic N) is 3. The number of benzene rings is 1. The number of aromatic amines is 1. The first-order valence-electron chi connectivity index (χ1n) is 6.95. The molecule has 0 amide bonds. The van der Waals surface area contributed by atoms with Gasteiger partial charge in [0.05, 0.1) is 31.9 Å². The molecule has 3 aromatic rings. The molecule has 0 atom stereocenters. The maximum Gasteiger partial charge on any atom is 0.160 e. The van der Waals surface area contributed by atoms with Crippen molar-refractivity contribution < 1.29 is 9.47 Å². The first-order chi connectivity index (χ1) is 10.9. The van der Waals surface area contributed by atoms with Crippen LogP contribution >= 0.6 is 0 Å². The lowest BCUT2D eigenvalue weighted by atomic mass is 10.2. The van der Waals surface area contributed by atoms with E-state index in [0.717, 1.165) is 28.2 Å². The summed E-state index contributed by atoms with van der Waals surface area (Å²) in [5.74, 6) is 1.59. The Balaban J connectivity index is 1.46. The van der Waals surface area contributed by atoms with Crippen molar-refractivity contribution in [2.75, 3.05) is 25.6 Å². The minimum atomic E-state index is 0.545. The fourth-order valence-electron chi connectivity index (χ4n) is 2.10. The number of methoxy groups -OCH3 is 1. The Bertz CT molecular complexity index is 743. The van der Waals surface area contributed by atoms with Crippen LogP contribution in [0.15, 0.2) is 36.8 Å². The molecule has 2 aromatic heterocycles. The normalized spacial score (nSPS) is 10.8. The summed E-state index contributed by atoms with van der Waals surface area (Å²) in [6, 6.07) is 7.84. The van der Waals surface area contributed by atoms with Gasteiger partial charge in [-0.05, 0) is 17.7 Å². The van der Waals surface area contributed by atoms with Crippen LogP contribution in [0.5, 0.6) is 5.75 Å². The van der Waals surface area contributed by atoms with Crippen molar-refractivity contribution in [3.63, 3.8) is 0 Å². The van der Waals surface area contributed by atoms with E-state index in [1.165, 1.54) is 6.33 Å². The highest BCUT2D eigenvalue weighted by atomic mass is 16.5. The van der Waals surface area contributed by atoms with E-state index in [4.69, 9.17) is 9.47 Å². The zero-order valence-electron chi connectivity index (χ0n) is 12.2. The van der Waals surface area contributed by atoms with Gasteiger partial charge in [0.1, 0.15) is 17.9 Å². The lowest BCUT2D eigenvalue weighted by Crippen LogP contribution is -2.10. The number of anilines is 1. The van der Waals surface area contributed by atoms with E-state index in [0.29, 0.717) is 19.8 Å². The highest BCUT2D eigenvalue weighted by Crippen LogP contribution is 2.16. The summed E-state index contributed by atoms with van der Waals surface area (Å²) in [7, 11) is 1.65. The minimum absolute atomic E-state index is 0.545. The molecule has 0 unspecified atom stereocenters. The van der Waals surface area contributed by atoms with Crippen LogP contribution in [0.3, 0.4) is 0 Å². The van der Waals surface area contributed by atoms with E-state index in [-0.39, 0.29) is 0 Å². The third kappa shape index (κ3) is 3.32. The van der Waals surface area contributed by atoms with Crippen LogP contribution in [-0.4, -0.2) is 40.4 Å². The first-order valence-corrected chi connectivity index (χ1v) is 6.95. The molecule has 2 N–H and O–H groups in total. The summed E-state index contributed by atoms with van der Waals surface area (Å²) in [4.78, 5) is 8.29. The van der Waals surface area contributed by atoms with Crippen molar-refractivity contribution in [3.8, 4) is 5.75 Å². The smallest absolute Gasteiger partial charge is 0.160 e. The Kier molecular flexibility index (Phi) is 4.45. The SMILES string of the molecule is COc1cccc(COCCNc2ncnc3[nH]ncc23)c1. The lowest BCUT2D eigenvalue weighted by Gasteiger charge is -2.08. The van der Waals surface area contributed by atoms with Crippen LogP contribution in [0.4, 0.5) is 5.82 Å². The van der Waals surface area contributed by atoms with Crippen LogP contribution in [0.1, 0.15) is 5.56 Å². The largest absolute Gasteiger partial charge is 0.497 e. The second-order valence-corrected chi connectivity index (χ2v) is 4.69. The van der Waals surface area contributed by atoms with Crippen molar-refractivity contribution in [2.45, 2.75) is 6.61 Å². The number of nitrogens with one attached hydrogen (secondary N) is 2. The van der Waals surface area contributed by atoms with Crippen LogP contribution in [-0.2, 0) is 11.3 Å². The van der Waals surface area contributed by atoms with Gasteiger partial charge in [0.2, 0.25) is 0 Å². The molecule has 1 aromatic carbocycles. The lowest BCUT2D eigenvalue weighted by molar-refractivity contribution is 0.130. The molecule has 7 heteroatoms. The minimum Gasteiger partial charge on any atom is -0.497 e. The van der Waals surface area contributed by atoms with Gasteiger partial charge in [-0.15, -0.1) is 0 Å². The van der Waals surface area contributed by atoms with E-state index in [2.05, 4.69) is 25.5 Å². The molecule has 7 nitrogen and oxygen atoms in total. The molecule has 0 aliphatic carbocycles. The van der Waals surface area contributed by atoms with E-state index < -0.39 is 0 Å². The van der Waals surface area contributed by atoms with Crippen molar-refractivity contribution in [1.29, 1.82) is 0 Å². The molecule has 0 spiro atoms. The fourth-order valence-corrected chi connectivity index (χ4v) is 2.10. The number of aromatic nitrogens is 4. The molecule has 0 aliphatic heterocycles. The molecule has 0 saturated heterocycles. The molecule has 0 aliphatic rings. The Morgan fingerprint density at radius 3 is 3.14 bits per heavy atom. The van der Waals surface area contributed by atoms with Gasteiger partial charge < -0.3 is 14.8 Å². The predicted octanol–water partition coefficient (Wildman–Crippen LogP) is 1.99. The second-order valence-electron chi connectivity index (χ2n) is 4.69. The van der Waals surface area contributed by atoms with E-state index in [1.54, 1.807) is 13.3 Å². The van der Waals surface area contributed by atoms with Crippen molar-refractivity contribution >= 4 is 16.9 Å². The summed E-state index contributed by atoms with van der Waals surface area (Å²) in [6.45, 7) is 1.77. The van der Waals surface area contributed by atoms with Gasteiger partial charge in [-0.2, -0.15) is 5.10 Å². The number of rotatable bonds is 7. The van der Waals surface area contributed by atoms with Crippen molar-refractivity contribution in [1.82, 2.24) is 20.2 Å². The quantitative estimate of drug-likeness (QED) is 0.649. The summed E-state index contributed by atoms with van der Waals surface area (Å²) in [6.07, 6.45) is 3.20. The summed E-state index contributed by atoms with van der Waals surface area (Å²) >= 11 is 0. The Morgan fingerprint density at radius 2 is 2.23 bits per heavy atom. The first kappa shape index (κ1) is 14.3. The standard InChI is InChI=1S/C15H17N5O2/c1-21-12-4-2-3-11(7-12)9-22-6-5-16-14-13-8-19-20-15(13)18-10-17-14/h2-4,7-8,10H,5-6,9H2,1H3,(H2,16,17,18,19,20). The van der Waals surface area contributed by atoms with Crippen molar-refractivity contribution in [3.05, 3.63) is 42.4 Å². The van der Waals surface area contributed by atoms with Gasteiger partial charge in [0, 0.05) is 6.54 Å². The number of hydrogen-bond acceptors (Lipinski definition) is 6. The molecule has 114 valence electrons. The van der Waals surface area contributed by atoms with Crippen LogP contribution < -0.4 is 10.1 Å². The maximum absolute atomic E-state index is 5.65. The third-order valence-electron chi connectivity index (χ3n) is 3.19. The number of ether oxygens (including phenoxy) is 2. The molecule has 2 heterocycles. The van der Waals surface area contributed by atoms with Gasteiger partial charge in [0.25, 0.3) is 0 Å². The van der Waals surface area contributed by atoms with Crippen LogP contribution in [0.25, 0.3) is 11.0 Å². The highest BCUT2D eigenvalue weighted by Gasteiger charge is 2.04. The number of H-pyrrole nitrogens is 1. The predicted molar refractivity (Wildman–Crippen MR) is 82.8 cm³/mol. The zero-order chi connectivity index (χ0) is 15.2. The maximum atomic E-state index is 5.65. The highest BCUT2D eigenvalue weighted by molar-refractivity contribution is 5.85. The molecular formula is C15H17N5O2. The average Bonchev–Trinajstić information content (AvgIpc) is 3.04. The van der Waals surface area contributed by atoms with Crippen molar-refractivity contribution in [2.24, 2.45) is 0 Å². The molecule has 3 rings (SSSR count). The molecule has 0 bridgehead atoms. The molecule has 0 fully saturated rings. The molecule has 22 heavy (non-hydrogen) atoms. The van der Waals surface area contributed by atoms with Crippen LogP contribution in [0.2, 0.25) is 0 Å². The number of hydrogen-bond donors (Lipinski definition) is 2. The van der Waals surface area contributed by atoms with Gasteiger partial charge in [-0.3, -0.25) is 5.10 Å². The molecule has 0 radical (unpaired) electrons. The summed E-state index contributed by atoms with van der Waals surface area (Å²) in [5, 5.41) is 10.9. The average molecular weight is 299 g/mol. The van der Waals surface area contributed by atoms with Gasteiger partial charge in [0.15, 0.2) is 5.65 Å². The third-order valence-corrected chi connectivity index (χ3v) is 3.19. The molecular weight excluding hydrogens is 282 g/mol. The molecule has 0 saturated carbocycles. The van der Waals surface area contributed by atoms with Gasteiger partial charge >= 0.3 is 0 Å². The topological polar surface area (TPSA) is 85.0 Å². The van der Waals surface area contributed by atoms with Gasteiger partial charge in [-0.25, -0.2) is 9.97 Å². The Morgan fingerprint density at radius 1 is 1.27 bits per heavy atom.